The van der Waals surface area contributed by atoms with E-state index in [0.29, 0.717) is 16.3 Å². The van der Waals surface area contributed by atoms with Crippen molar-refractivity contribution < 1.29 is 14.3 Å². The largest absolute Gasteiger partial charge is 0.462 e. The Morgan fingerprint density at radius 2 is 1.96 bits per heavy atom. The summed E-state index contributed by atoms with van der Waals surface area (Å²) in [6, 6.07) is 7.97. The maximum atomic E-state index is 12.2. The smallest absolute Gasteiger partial charge is 0.343 e. The molecule has 2 aromatic rings. The minimum Gasteiger partial charge on any atom is -0.462 e. The molecule has 2 rings (SSSR count). The van der Waals surface area contributed by atoms with E-state index in [0.717, 1.165) is 4.68 Å². The van der Waals surface area contributed by atoms with Crippen molar-refractivity contribution in [1.82, 2.24) is 9.78 Å². The molecule has 0 saturated heterocycles. The molecule has 1 amide bonds. The van der Waals surface area contributed by atoms with Crippen LogP contribution in [0, 0.1) is 0 Å². The highest BCUT2D eigenvalue weighted by atomic mass is 35.5. The van der Waals surface area contributed by atoms with E-state index >= 15 is 0 Å². The minimum atomic E-state index is -0.784. The molecule has 0 saturated carbocycles. The zero-order valence-corrected chi connectivity index (χ0v) is 13.0. The van der Waals surface area contributed by atoms with Crippen LogP contribution in [0.5, 0.6) is 0 Å². The molecule has 1 heterocycles. The van der Waals surface area contributed by atoms with E-state index in [4.69, 9.17) is 22.1 Å². The highest BCUT2D eigenvalue weighted by molar-refractivity contribution is 6.30. The van der Waals surface area contributed by atoms with Crippen molar-refractivity contribution in [3.05, 3.63) is 51.3 Å². The monoisotopic (exact) mass is 335 g/mol. The lowest BCUT2D eigenvalue weighted by Crippen LogP contribution is -2.34. The minimum absolute atomic E-state index is 0.118. The molecule has 8 heteroatoms. The topological polar surface area (TPSA) is 104 Å². The second-order valence-electron chi connectivity index (χ2n) is 4.60. The normalized spacial score (nSPS) is 10.3. The van der Waals surface area contributed by atoms with Gasteiger partial charge in [0.15, 0.2) is 0 Å². The summed E-state index contributed by atoms with van der Waals surface area (Å²) in [5.74, 6) is -1.53. The number of halogens is 1. The zero-order valence-electron chi connectivity index (χ0n) is 12.3. The maximum absolute atomic E-state index is 12.2. The predicted molar refractivity (Wildman–Crippen MR) is 84.1 cm³/mol. The first-order valence-corrected chi connectivity index (χ1v) is 7.13. The van der Waals surface area contributed by atoms with E-state index in [1.54, 1.807) is 31.2 Å². The first-order valence-electron chi connectivity index (χ1n) is 6.76. The number of nitrogens with two attached hydrogens (primary N) is 1. The number of ether oxygens (including phenoxy) is 1. The number of primary amides is 1. The molecule has 0 aliphatic rings. The number of amides is 1. The van der Waals surface area contributed by atoms with Crippen LogP contribution in [-0.4, -0.2) is 28.3 Å². The average molecular weight is 336 g/mol. The molecule has 1 aromatic carbocycles. The fourth-order valence-electron chi connectivity index (χ4n) is 1.91. The fourth-order valence-corrected chi connectivity index (χ4v) is 2.04. The molecule has 2 N–H and O–H groups in total. The molecule has 0 fully saturated rings. The van der Waals surface area contributed by atoms with Crippen LogP contribution in [0.1, 0.15) is 17.3 Å². The van der Waals surface area contributed by atoms with Gasteiger partial charge in [-0.05, 0) is 25.1 Å². The van der Waals surface area contributed by atoms with Gasteiger partial charge in [0.1, 0.15) is 12.1 Å². The highest BCUT2D eigenvalue weighted by Crippen LogP contribution is 2.19. The zero-order chi connectivity index (χ0) is 17.0. The van der Waals surface area contributed by atoms with Gasteiger partial charge in [-0.2, -0.15) is 5.10 Å². The second kappa shape index (κ2) is 7.06. The Morgan fingerprint density at radius 3 is 2.52 bits per heavy atom. The fraction of sp³-hybridized carbons (Fsp3) is 0.200. The molecule has 0 atom stereocenters. The Morgan fingerprint density at radius 1 is 1.30 bits per heavy atom. The van der Waals surface area contributed by atoms with Gasteiger partial charge in [-0.3, -0.25) is 9.59 Å². The summed E-state index contributed by atoms with van der Waals surface area (Å²) >= 11 is 5.84. The van der Waals surface area contributed by atoms with Crippen molar-refractivity contribution in [3.8, 4) is 11.3 Å². The van der Waals surface area contributed by atoms with Gasteiger partial charge >= 0.3 is 5.97 Å². The summed E-state index contributed by atoms with van der Waals surface area (Å²) in [6.45, 7) is 1.31. The van der Waals surface area contributed by atoms with Gasteiger partial charge in [0, 0.05) is 10.6 Å². The first-order chi connectivity index (χ1) is 10.9. The number of carbonyl (C=O) groups excluding carboxylic acids is 2. The molecule has 0 unspecified atom stereocenters. The Bertz CT molecular complexity index is 799. The van der Waals surface area contributed by atoms with Gasteiger partial charge in [0.05, 0.1) is 12.3 Å². The van der Waals surface area contributed by atoms with E-state index in [9.17, 15) is 14.4 Å². The molecule has 23 heavy (non-hydrogen) atoms. The third-order valence-electron chi connectivity index (χ3n) is 2.92. The summed E-state index contributed by atoms with van der Waals surface area (Å²) in [7, 11) is 0. The van der Waals surface area contributed by atoms with E-state index in [1.165, 1.54) is 6.07 Å². The number of rotatable bonds is 5. The molecule has 1 aromatic heterocycles. The Labute approximate surface area is 136 Å². The van der Waals surface area contributed by atoms with Crippen molar-refractivity contribution in [2.24, 2.45) is 5.73 Å². The average Bonchev–Trinajstić information content (AvgIpc) is 2.50. The van der Waals surface area contributed by atoms with Crippen LogP contribution < -0.4 is 11.3 Å². The first kappa shape index (κ1) is 16.7. The van der Waals surface area contributed by atoms with E-state index < -0.39 is 24.0 Å². The van der Waals surface area contributed by atoms with Crippen LogP contribution in [0.15, 0.2) is 35.1 Å². The van der Waals surface area contributed by atoms with Gasteiger partial charge in [-0.1, -0.05) is 23.7 Å². The van der Waals surface area contributed by atoms with Gasteiger partial charge in [0.2, 0.25) is 5.91 Å². The van der Waals surface area contributed by atoms with Crippen molar-refractivity contribution in [3.63, 3.8) is 0 Å². The van der Waals surface area contributed by atoms with Gasteiger partial charge in [-0.25, -0.2) is 9.48 Å². The van der Waals surface area contributed by atoms with E-state index in [2.05, 4.69) is 5.10 Å². The number of carbonyl (C=O) groups is 2. The summed E-state index contributed by atoms with van der Waals surface area (Å²) < 4.78 is 5.71. The Hall–Kier alpha value is -2.67. The molecular weight excluding hydrogens is 322 g/mol. The Kier molecular flexibility index (Phi) is 5.13. The molecule has 0 radical (unpaired) electrons. The summed E-state index contributed by atoms with van der Waals surface area (Å²) in [4.78, 5) is 35.3. The van der Waals surface area contributed by atoms with Gasteiger partial charge in [0.25, 0.3) is 5.56 Å². The number of hydrogen-bond donors (Lipinski definition) is 1. The highest BCUT2D eigenvalue weighted by Gasteiger charge is 2.18. The van der Waals surface area contributed by atoms with E-state index in [-0.39, 0.29) is 12.2 Å². The van der Waals surface area contributed by atoms with E-state index in [1.807, 2.05) is 0 Å². The summed E-state index contributed by atoms with van der Waals surface area (Å²) in [5, 5.41) is 4.60. The molecule has 0 aliphatic heterocycles. The molecule has 7 nitrogen and oxygen atoms in total. The summed E-state index contributed by atoms with van der Waals surface area (Å²) in [5.41, 5.74) is 5.11. The maximum Gasteiger partial charge on any atom is 0.343 e. The predicted octanol–water partition coefficient (Wildman–Crippen LogP) is 1.23. The molecule has 0 spiro atoms. The number of aromatic nitrogens is 2. The Balaban J connectivity index is 2.60. The van der Waals surface area contributed by atoms with Crippen LogP contribution in [0.3, 0.4) is 0 Å². The van der Waals surface area contributed by atoms with Crippen molar-refractivity contribution in [2.75, 3.05) is 6.61 Å². The molecule has 120 valence electrons. The molecule has 0 bridgehead atoms. The quantitative estimate of drug-likeness (QED) is 0.827. The summed E-state index contributed by atoms with van der Waals surface area (Å²) in [6.07, 6.45) is 0. The van der Waals surface area contributed by atoms with Crippen molar-refractivity contribution >= 4 is 23.5 Å². The van der Waals surface area contributed by atoms with Crippen LogP contribution in [0.25, 0.3) is 11.3 Å². The number of hydrogen-bond acceptors (Lipinski definition) is 5. The number of esters is 1. The van der Waals surface area contributed by atoms with Crippen LogP contribution in [0.4, 0.5) is 0 Å². The third kappa shape index (κ3) is 3.95. The van der Waals surface area contributed by atoms with Crippen LogP contribution in [-0.2, 0) is 16.1 Å². The van der Waals surface area contributed by atoms with Crippen LogP contribution >= 0.6 is 11.6 Å². The number of nitrogens with zero attached hydrogens (tertiary/aromatic N) is 2. The standard InChI is InChI=1S/C15H14ClN3O4/c1-2-23-15(22)11-7-12(9-3-5-10(16)6-4-9)18-19(14(11)21)8-13(17)20/h3-7H,2,8H2,1H3,(H2,17,20). The van der Waals surface area contributed by atoms with Crippen molar-refractivity contribution in [1.29, 1.82) is 0 Å². The lowest BCUT2D eigenvalue weighted by Gasteiger charge is -2.09. The number of benzene rings is 1. The van der Waals surface area contributed by atoms with Gasteiger partial charge < -0.3 is 10.5 Å². The van der Waals surface area contributed by atoms with Gasteiger partial charge in [-0.15, -0.1) is 0 Å². The van der Waals surface area contributed by atoms with Crippen molar-refractivity contribution in [2.45, 2.75) is 13.5 Å². The lowest BCUT2D eigenvalue weighted by molar-refractivity contribution is -0.118. The second-order valence-corrected chi connectivity index (χ2v) is 5.04. The SMILES string of the molecule is CCOC(=O)c1cc(-c2ccc(Cl)cc2)nn(CC(N)=O)c1=O. The lowest BCUT2D eigenvalue weighted by atomic mass is 10.1. The third-order valence-corrected chi connectivity index (χ3v) is 3.17. The molecule has 0 aliphatic carbocycles. The van der Waals surface area contributed by atoms with Crippen LogP contribution in [0.2, 0.25) is 5.02 Å². The molecular formula is C15H14ClN3O4.